The molecular formula is C23H23FN4O2. The first-order chi connectivity index (χ1) is 14.2. The standard InChI is InChI=1S/C23H23FN4O2/c1-6-14(4)26-23(30)27-20-11-17(13(3)8-19(20)24)18-10-16-12-25-15(5)9-21(16)28(7-2)22(18)29/h6,8-12H,1,4,7H2,2-3,5H3,(H2,26,27,30). The van der Waals surface area contributed by atoms with Crippen LogP contribution in [0.2, 0.25) is 0 Å². The van der Waals surface area contributed by atoms with Crippen LogP contribution in [0.5, 0.6) is 0 Å². The predicted octanol–water partition coefficient (Wildman–Crippen LogP) is 4.66. The molecule has 30 heavy (non-hydrogen) atoms. The van der Waals surface area contributed by atoms with Crippen LogP contribution < -0.4 is 16.2 Å². The van der Waals surface area contributed by atoms with Crippen LogP contribution in [0.3, 0.4) is 0 Å². The van der Waals surface area contributed by atoms with Crippen LogP contribution in [-0.4, -0.2) is 15.6 Å². The van der Waals surface area contributed by atoms with E-state index >= 15 is 0 Å². The van der Waals surface area contributed by atoms with Crippen LogP contribution in [0.15, 0.2) is 60.2 Å². The number of rotatable bonds is 5. The number of carbonyl (C=O) groups excluding carboxylic acids is 1. The van der Waals surface area contributed by atoms with Crippen LogP contribution in [0, 0.1) is 19.7 Å². The van der Waals surface area contributed by atoms with E-state index in [0.717, 1.165) is 16.6 Å². The lowest BCUT2D eigenvalue weighted by atomic mass is 9.99. The van der Waals surface area contributed by atoms with Gasteiger partial charge in [0.2, 0.25) is 0 Å². The average molecular weight is 406 g/mol. The highest BCUT2D eigenvalue weighted by Gasteiger charge is 2.16. The molecule has 7 heteroatoms. The molecule has 6 nitrogen and oxygen atoms in total. The number of aromatic nitrogens is 2. The third-order valence-corrected chi connectivity index (χ3v) is 4.80. The zero-order valence-corrected chi connectivity index (χ0v) is 17.2. The summed E-state index contributed by atoms with van der Waals surface area (Å²) in [7, 11) is 0. The third-order valence-electron chi connectivity index (χ3n) is 4.80. The number of halogens is 1. The molecule has 0 bridgehead atoms. The molecular weight excluding hydrogens is 383 g/mol. The van der Waals surface area contributed by atoms with Crippen molar-refractivity contribution in [1.82, 2.24) is 14.9 Å². The Labute approximate surface area is 173 Å². The quantitative estimate of drug-likeness (QED) is 0.605. The Balaban J connectivity index is 2.15. The van der Waals surface area contributed by atoms with Crippen molar-refractivity contribution in [3.63, 3.8) is 0 Å². The van der Waals surface area contributed by atoms with E-state index in [9.17, 15) is 14.0 Å². The van der Waals surface area contributed by atoms with Gasteiger partial charge in [-0.25, -0.2) is 9.18 Å². The zero-order chi connectivity index (χ0) is 22.0. The minimum Gasteiger partial charge on any atom is -0.308 e. The SMILES string of the molecule is C=CC(=C)NC(=O)Nc1cc(-c2cc3cnc(C)cc3n(CC)c2=O)c(C)cc1F. The minimum atomic E-state index is -0.655. The van der Waals surface area contributed by atoms with E-state index in [2.05, 4.69) is 28.8 Å². The summed E-state index contributed by atoms with van der Waals surface area (Å²) in [6.07, 6.45) is 3.08. The van der Waals surface area contributed by atoms with E-state index in [0.29, 0.717) is 23.2 Å². The monoisotopic (exact) mass is 406 g/mol. The second-order valence-electron chi connectivity index (χ2n) is 6.95. The molecule has 3 rings (SSSR count). The Morgan fingerprint density at radius 3 is 2.63 bits per heavy atom. The number of pyridine rings is 2. The Morgan fingerprint density at radius 2 is 1.97 bits per heavy atom. The molecule has 2 N–H and O–H groups in total. The lowest BCUT2D eigenvalue weighted by molar-refractivity contribution is 0.254. The number of allylic oxidation sites excluding steroid dienone is 1. The summed E-state index contributed by atoms with van der Waals surface area (Å²) in [6, 6.07) is 5.72. The molecule has 0 unspecified atom stereocenters. The van der Waals surface area contributed by atoms with E-state index in [4.69, 9.17) is 0 Å². The van der Waals surface area contributed by atoms with Crippen LogP contribution >= 0.6 is 0 Å². The highest BCUT2D eigenvalue weighted by atomic mass is 19.1. The molecule has 2 amide bonds. The summed E-state index contributed by atoms with van der Waals surface area (Å²) in [5.41, 5.74) is 3.16. The van der Waals surface area contributed by atoms with Crippen molar-refractivity contribution in [3.05, 3.63) is 82.8 Å². The van der Waals surface area contributed by atoms with Crippen LogP contribution in [0.1, 0.15) is 18.2 Å². The van der Waals surface area contributed by atoms with Gasteiger partial charge in [-0.15, -0.1) is 0 Å². The highest BCUT2D eigenvalue weighted by molar-refractivity contribution is 5.92. The van der Waals surface area contributed by atoms with Gasteiger partial charge in [0.25, 0.3) is 5.56 Å². The van der Waals surface area contributed by atoms with Gasteiger partial charge in [-0.1, -0.05) is 13.2 Å². The summed E-state index contributed by atoms with van der Waals surface area (Å²) in [5, 5.41) is 5.69. The van der Waals surface area contributed by atoms with Crippen molar-refractivity contribution in [2.24, 2.45) is 0 Å². The molecule has 0 atom stereocenters. The van der Waals surface area contributed by atoms with Gasteiger partial charge in [-0.3, -0.25) is 9.78 Å². The molecule has 2 heterocycles. The Hall–Kier alpha value is -3.74. The number of urea groups is 1. The first kappa shape index (κ1) is 21.0. The lowest BCUT2D eigenvalue weighted by Gasteiger charge is -2.15. The molecule has 0 aliphatic carbocycles. The number of nitrogens with zero attached hydrogens (tertiary/aromatic N) is 2. The Morgan fingerprint density at radius 1 is 1.23 bits per heavy atom. The van der Waals surface area contributed by atoms with Gasteiger partial charge in [0.1, 0.15) is 5.82 Å². The van der Waals surface area contributed by atoms with Crippen molar-refractivity contribution < 1.29 is 9.18 Å². The summed E-state index contributed by atoms with van der Waals surface area (Å²) < 4.78 is 16.2. The number of anilines is 1. The Kier molecular flexibility index (Phi) is 5.82. The Bertz CT molecular complexity index is 1240. The van der Waals surface area contributed by atoms with Gasteiger partial charge in [0, 0.05) is 35.1 Å². The molecule has 3 aromatic rings. The zero-order valence-electron chi connectivity index (χ0n) is 17.2. The summed E-state index contributed by atoms with van der Waals surface area (Å²) >= 11 is 0. The molecule has 0 aliphatic heterocycles. The second kappa shape index (κ2) is 8.32. The second-order valence-corrected chi connectivity index (χ2v) is 6.95. The number of hydrogen-bond acceptors (Lipinski definition) is 3. The summed E-state index contributed by atoms with van der Waals surface area (Å²) in [4.78, 5) is 29.6. The first-order valence-electron chi connectivity index (χ1n) is 9.45. The number of hydrogen-bond donors (Lipinski definition) is 2. The molecule has 0 spiro atoms. The number of benzene rings is 1. The van der Waals surface area contributed by atoms with E-state index in [-0.39, 0.29) is 16.9 Å². The molecule has 0 radical (unpaired) electrons. The first-order valence-corrected chi connectivity index (χ1v) is 9.45. The molecule has 0 saturated carbocycles. The van der Waals surface area contributed by atoms with Crippen molar-refractivity contribution in [2.45, 2.75) is 27.3 Å². The predicted molar refractivity (Wildman–Crippen MR) is 118 cm³/mol. The van der Waals surface area contributed by atoms with Gasteiger partial charge in [0.15, 0.2) is 0 Å². The highest BCUT2D eigenvalue weighted by Crippen LogP contribution is 2.29. The van der Waals surface area contributed by atoms with E-state index < -0.39 is 11.8 Å². The molecule has 1 aromatic carbocycles. The van der Waals surface area contributed by atoms with Crippen molar-refractivity contribution in [3.8, 4) is 11.1 Å². The third kappa shape index (κ3) is 4.00. The molecule has 0 fully saturated rings. The lowest BCUT2D eigenvalue weighted by Crippen LogP contribution is -2.27. The van der Waals surface area contributed by atoms with Gasteiger partial charge in [0.05, 0.1) is 11.2 Å². The maximum absolute atomic E-state index is 14.5. The van der Waals surface area contributed by atoms with Gasteiger partial charge < -0.3 is 15.2 Å². The topological polar surface area (TPSA) is 76.0 Å². The van der Waals surface area contributed by atoms with Gasteiger partial charge >= 0.3 is 6.03 Å². The smallest absolute Gasteiger partial charge is 0.308 e. The van der Waals surface area contributed by atoms with Crippen molar-refractivity contribution in [2.75, 3.05) is 5.32 Å². The van der Waals surface area contributed by atoms with Crippen molar-refractivity contribution in [1.29, 1.82) is 0 Å². The number of nitrogens with one attached hydrogen (secondary N) is 2. The summed E-state index contributed by atoms with van der Waals surface area (Å²) in [6.45, 7) is 13.0. The number of amides is 2. The fraction of sp³-hybridized carbons (Fsp3) is 0.174. The maximum Gasteiger partial charge on any atom is 0.323 e. The normalized spacial score (nSPS) is 10.7. The van der Waals surface area contributed by atoms with Crippen molar-refractivity contribution >= 4 is 22.6 Å². The van der Waals surface area contributed by atoms with Gasteiger partial charge in [-0.2, -0.15) is 0 Å². The minimum absolute atomic E-state index is 0.0467. The van der Waals surface area contributed by atoms with Crippen LogP contribution in [-0.2, 0) is 6.54 Å². The molecule has 2 aromatic heterocycles. The van der Waals surface area contributed by atoms with Crippen LogP contribution in [0.4, 0.5) is 14.9 Å². The van der Waals surface area contributed by atoms with Gasteiger partial charge in [-0.05, 0) is 62.2 Å². The van der Waals surface area contributed by atoms with E-state index in [1.165, 1.54) is 18.2 Å². The average Bonchev–Trinajstić information content (AvgIpc) is 2.70. The molecule has 0 aliphatic rings. The molecule has 154 valence electrons. The van der Waals surface area contributed by atoms with E-state index in [1.807, 2.05) is 19.9 Å². The summed E-state index contributed by atoms with van der Waals surface area (Å²) in [5.74, 6) is -0.607. The maximum atomic E-state index is 14.5. The van der Waals surface area contributed by atoms with Crippen LogP contribution in [0.25, 0.3) is 22.0 Å². The van der Waals surface area contributed by atoms with E-state index in [1.54, 1.807) is 23.8 Å². The fourth-order valence-corrected chi connectivity index (χ4v) is 3.29. The largest absolute Gasteiger partial charge is 0.323 e. The number of aryl methyl sites for hydroxylation is 3. The number of carbonyl (C=O) groups is 1. The molecule has 0 saturated heterocycles. The number of fused-ring (bicyclic) bond motifs is 1. The fourth-order valence-electron chi connectivity index (χ4n) is 3.29.